The van der Waals surface area contributed by atoms with Crippen molar-refractivity contribution in [2.45, 2.75) is 33.6 Å². The molecule has 0 bridgehead atoms. The van der Waals surface area contributed by atoms with Gasteiger partial charge in [0.05, 0.1) is 13.2 Å². The lowest BCUT2D eigenvalue weighted by Gasteiger charge is -2.15. The zero-order valence-corrected chi connectivity index (χ0v) is 12.9. The highest BCUT2D eigenvalue weighted by atomic mass is 16.5. The lowest BCUT2D eigenvalue weighted by atomic mass is 10.0. The van der Waals surface area contributed by atoms with Crippen LogP contribution in [0.4, 0.5) is 0 Å². The molecule has 2 rings (SSSR count). The molecule has 0 aromatic heterocycles. The van der Waals surface area contributed by atoms with Crippen LogP contribution >= 0.6 is 0 Å². The van der Waals surface area contributed by atoms with E-state index in [1.807, 2.05) is 30.3 Å². The van der Waals surface area contributed by atoms with Gasteiger partial charge in [0, 0.05) is 10.9 Å². The van der Waals surface area contributed by atoms with Crippen molar-refractivity contribution in [3.05, 3.63) is 35.9 Å². The first-order valence-corrected chi connectivity index (χ1v) is 7.50. The van der Waals surface area contributed by atoms with E-state index in [0.29, 0.717) is 18.8 Å². The zero-order chi connectivity index (χ0) is 15.2. The van der Waals surface area contributed by atoms with E-state index in [1.54, 1.807) is 6.92 Å². The molecule has 0 radical (unpaired) electrons. The number of hydrogen-bond donors (Lipinski definition) is 0. The summed E-state index contributed by atoms with van der Waals surface area (Å²) in [4.78, 5) is 11.6. The molecule has 0 spiro atoms. The summed E-state index contributed by atoms with van der Waals surface area (Å²) in [6, 6.07) is 9.64. The fourth-order valence-electron chi connectivity index (χ4n) is 2.17. The van der Waals surface area contributed by atoms with Crippen LogP contribution in [0.15, 0.2) is 30.3 Å². The summed E-state index contributed by atoms with van der Waals surface area (Å²) in [5.41, 5.74) is 0.691. The first-order chi connectivity index (χ1) is 10.2. The maximum atomic E-state index is 11.6. The largest absolute Gasteiger partial charge is 0.490 e. The molecule has 0 N–H and O–H groups in total. The summed E-state index contributed by atoms with van der Waals surface area (Å²) in [6.45, 7) is 7.00. The molecule has 0 fully saturated rings. The van der Waals surface area contributed by atoms with E-state index < -0.39 is 0 Å². The molecule has 2 aromatic rings. The van der Waals surface area contributed by atoms with Crippen molar-refractivity contribution in [1.29, 1.82) is 0 Å². The Hall–Kier alpha value is -2.03. The standard InChI is InChI=1S/C18H22O3/c1-4-10-20-17-9-8-14-6-7-15(13(3)19)12-16(14)18(17)21-11-5-2/h6-9,12H,4-5,10-11H2,1-3H3. The smallest absolute Gasteiger partial charge is 0.168 e. The van der Waals surface area contributed by atoms with Crippen LogP contribution in [0.5, 0.6) is 11.5 Å². The first-order valence-electron chi connectivity index (χ1n) is 7.50. The monoisotopic (exact) mass is 286 g/mol. The molecule has 21 heavy (non-hydrogen) atoms. The van der Waals surface area contributed by atoms with Gasteiger partial charge in [-0.1, -0.05) is 32.0 Å². The van der Waals surface area contributed by atoms with E-state index in [1.165, 1.54) is 0 Å². The summed E-state index contributed by atoms with van der Waals surface area (Å²) in [5.74, 6) is 1.54. The number of hydrogen-bond acceptors (Lipinski definition) is 3. The van der Waals surface area contributed by atoms with E-state index in [4.69, 9.17) is 9.47 Å². The van der Waals surface area contributed by atoms with E-state index in [0.717, 1.165) is 35.1 Å². The van der Waals surface area contributed by atoms with Gasteiger partial charge < -0.3 is 9.47 Å². The summed E-state index contributed by atoms with van der Waals surface area (Å²) in [6.07, 6.45) is 1.87. The average Bonchev–Trinajstić information content (AvgIpc) is 2.50. The predicted octanol–water partition coefficient (Wildman–Crippen LogP) is 4.62. The first kappa shape index (κ1) is 15.4. The minimum Gasteiger partial charge on any atom is -0.490 e. The minimum absolute atomic E-state index is 0.0539. The molecule has 3 nitrogen and oxygen atoms in total. The van der Waals surface area contributed by atoms with Crippen LogP contribution in [0.2, 0.25) is 0 Å². The van der Waals surface area contributed by atoms with E-state index >= 15 is 0 Å². The van der Waals surface area contributed by atoms with Crippen molar-refractivity contribution >= 4 is 16.6 Å². The van der Waals surface area contributed by atoms with E-state index in [9.17, 15) is 4.79 Å². The number of carbonyl (C=O) groups is 1. The van der Waals surface area contributed by atoms with Crippen LogP contribution in [0.25, 0.3) is 10.8 Å². The Morgan fingerprint density at radius 3 is 2.33 bits per heavy atom. The van der Waals surface area contributed by atoms with E-state index in [2.05, 4.69) is 13.8 Å². The van der Waals surface area contributed by atoms with Gasteiger partial charge in [-0.3, -0.25) is 4.79 Å². The molecular weight excluding hydrogens is 264 g/mol. The Morgan fingerprint density at radius 2 is 1.67 bits per heavy atom. The van der Waals surface area contributed by atoms with Crippen LogP contribution in [-0.2, 0) is 0 Å². The highest BCUT2D eigenvalue weighted by Gasteiger charge is 2.12. The molecule has 0 amide bonds. The normalized spacial score (nSPS) is 10.6. The zero-order valence-electron chi connectivity index (χ0n) is 12.9. The lowest BCUT2D eigenvalue weighted by Crippen LogP contribution is -2.02. The summed E-state index contributed by atoms with van der Waals surface area (Å²) < 4.78 is 11.7. The molecule has 0 aliphatic heterocycles. The number of fused-ring (bicyclic) bond motifs is 1. The predicted molar refractivity (Wildman–Crippen MR) is 85.5 cm³/mol. The maximum absolute atomic E-state index is 11.6. The average molecular weight is 286 g/mol. The quantitative estimate of drug-likeness (QED) is 0.697. The number of ether oxygens (including phenoxy) is 2. The molecular formula is C18H22O3. The van der Waals surface area contributed by atoms with E-state index in [-0.39, 0.29) is 5.78 Å². The molecule has 0 saturated heterocycles. The van der Waals surface area contributed by atoms with Crippen molar-refractivity contribution in [2.24, 2.45) is 0 Å². The molecule has 0 unspecified atom stereocenters. The summed E-state index contributed by atoms with van der Waals surface area (Å²) in [7, 11) is 0. The third-order valence-electron chi connectivity index (χ3n) is 3.25. The van der Waals surface area contributed by atoms with Crippen LogP contribution in [-0.4, -0.2) is 19.0 Å². The number of ketones is 1. The SMILES string of the molecule is CCCOc1ccc2ccc(C(C)=O)cc2c1OCCC. The van der Waals surface area contributed by atoms with Crippen molar-refractivity contribution in [2.75, 3.05) is 13.2 Å². The Balaban J connectivity index is 2.54. The highest BCUT2D eigenvalue weighted by Crippen LogP contribution is 2.36. The van der Waals surface area contributed by atoms with Crippen molar-refractivity contribution in [3.63, 3.8) is 0 Å². The van der Waals surface area contributed by atoms with Crippen molar-refractivity contribution < 1.29 is 14.3 Å². The van der Waals surface area contributed by atoms with Gasteiger partial charge in [0.15, 0.2) is 17.3 Å². The molecule has 2 aromatic carbocycles. The van der Waals surface area contributed by atoms with Gasteiger partial charge in [-0.25, -0.2) is 0 Å². The van der Waals surface area contributed by atoms with Gasteiger partial charge in [-0.05, 0) is 37.3 Å². The Labute approximate surface area is 125 Å². The Morgan fingerprint density at radius 1 is 1.00 bits per heavy atom. The molecule has 0 aliphatic carbocycles. The number of Topliss-reactive ketones (excluding diaryl/α,β-unsaturated/α-hetero) is 1. The van der Waals surface area contributed by atoms with Gasteiger partial charge in [0.1, 0.15) is 0 Å². The Bertz CT molecular complexity index is 632. The topological polar surface area (TPSA) is 35.5 Å². The number of rotatable bonds is 7. The summed E-state index contributed by atoms with van der Waals surface area (Å²) in [5, 5.41) is 1.99. The minimum atomic E-state index is 0.0539. The second-order valence-corrected chi connectivity index (χ2v) is 5.08. The van der Waals surface area contributed by atoms with Gasteiger partial charge in [0.2, 0.25) is 0 Å². The van der Waals surface area contributed by atoms with Crippen LogP contribution < -0.4 is 9.47 Å². The van der Waals surface area contributed by atoms with Crippen molar-refractivity contribution in [3.8, 4) is 11.5 Å². The van der Waals surface area contributed by atoms with Crippen LogP contribution in [0.3, 0.4) is 0 Å². The Kier molecular flexibility index (Phi) is 5.20. The van der Waals surface area contributed by atoms with Gasteiger partial charge in [0.25, 0.3) is 0 Å². The van der Waals surface area contributed by atoms with Crippen LogP contribution in [0.1, 0.15) is 44.0 Å². The lowest BCUT2D eigenvalue weighted by molar-refractivity contribution is 0.101. The molecule has 3 heteroatoms. The molecule has 0 aliphatic rings. The van der Waals surface area contributed by atoms with Gasteiger partial charge in [-0.15, -0.1) is 0 Å². The van der Waals surface area contributed by atoms with Crippen LogP contribution in [0, 0.1) is 0 Å². The van der Waals surface area contributed by atoms with Crippen molar-refractivity contribution in [1.82, 2.24) is 0 Å². The third kappa shape index (κ3) is 3.54. The summed E-state index contributed by atoms with van der Waals surface area (Å²) >= 11 is 0. The number of benzene rings is 2. The molecule has 0 atom stereocenters. The fraction of sp³-hybridized carbons (Fsp3) is 0.389. The second kappa shape index (κ2) is 7.11. The van der Waals surface area contributed by atoms with Gasteiger partial charge >= 0.3 is 0 Å². The molecule has 0 heterocycles. The fourth-order valence-corrected chi connectivity index (χ4v) is 2.17. The molecule has 0 saturated carbocycles. The molecule has 112 valence electrons. The maximum Gasteiger partial charge on any atom is 0.168 e. The number of carbonyl (C=O) groups excluding carboxylic acids is 1. The third-order valence-corrected chi connectivity index (χ3v) is 3.25. The van der Waals surface area contributed by atoms with Gasteiger partial charge in [-0.2, -0.15) is 0 Å². The highest BCUT2D eigenvalue weighted by molar-refractivity contribution is 6.00. The second-order valence-electron chi connectivity index (χ2n) is 5.08.